The van der Waals surface area contributed by atoms with E-state index in [0.717, 1.165) is 38.6 Å². The van der Waals surface area contributed by atoms with Gasteiger partial charge in [0, 0.05) is 44.1 Å². The summed E-state index contributed by atoms with van der Waals surface area (Å²) >= 11 is 0. The van der Waals surface area contributed by atoms with E-state index in [1.54, 1.807) is 17.3 Å². The van der Waals surface area contributed by atoms with Crippen molar-refractivity contribution in [2.75, 3.05) is 31.6 Å². The van der Waals surface area contributed by atoms with Crippen molar-refractivity contribution in [2.24, 2.45) is 0 Å². The van der Waals surface area contributed by atoms with Crippen LogP contribution in [0.2, 0.25) is 0 Å². The SMILES string of the molecule is CCOC(=O)N1CCC(Nc2ncc(C(=O)N3CCCCC3CC)cn2)CC1. The van der Waals surface area contributed by atoms with Crippen molar-refractivity contribution < 1.29 is 14.3 Å². The summed E-state index contributed by atoms with van der Waals surface area (Å²) in [5.74, 6) is 0.553. The van der Waals surface area contributed by atoms with Gasteiger partial charge in [-0.25, -0.2) is 14.8 Å². The number of aromatic nitrogens is 2. The first kappa shape index (κ1) is 20.4. The fourth-order valence-corrected chi connectivity index (χ4v) is 3.97. The maximum absolute atomic E-state index is 12.8. The highest BCUT2D eigenvalue weighted by Gasteiger charge is 2.27. The van der Waals surface area contributed by atoms with Crippen LogP contribution in [-0.2, 0) is 4.74 Å². The summed E-state index contributed by atoms with van der Waals surface area (Å²) in [5.41, 5.74) is 0.544. The predicted molar refractivity (Wildman–Crippen MR) is 106 cm³/mol. The molecule has 1 atom stereocenters. The monoisotopic (exact) mass is 389 g/mol. The third-order valence-electron chi connectivity index (χ3n) is 5.61. The van der Waals surface area contributed by atoms with E-state index in [-0.39, 0.29) is 18.0 Å². The summed E-state index contributed by atoms with van der Waals surface area (Å²) in [6, 6.07) is 0.530. The van der Waals surface area contributed by atoms with Gasteiger partial charge in [0.15, 0.2) is 0 Å². The molecule has 28 heavy (non-hydrogen) atoms. The molecule has 1 unspecified atom stereocenters. The zero-order valence-corrected chi connectivity index (χ0v) is 16.9. The van der Waals surface area contributed by atoms with Crippen LogP contribution >= 0.6 is 0 Å². The lowest BCUT2D eigenvalue weighted by Gasteiger charge is -2.35. The van der Waals surface area contributed by atoms with Crippen molar-refractivity contribution in [2.45, 2.75) is 64.5 Å². The molecule has 0 bridgehead atoms. The second-order valence-corrected chi connectivity index (χ2v) is 7.46. The number of carbonyl (C=O) groups is 2. The highest BCUT2D eigenvalue weighted by molar-refractivity contribution is 5.94. The normalized spacial score (nSPS) is 20.7. The topological polar surface area (TPSA) is 87.7 Å². The standard InChI is InChI=1S/C20H31N5O3/c1-3-17-7-5-6-10-25(17)18(26)15-13-21-19(22-14-15)23-16-8-11-24(12-9-16)20(27)28-4-2/h13-14,16-17H,3-12H2,1-2H3,(H,21,22,23). The Bertz CT molecular complexity index is 658. The van der Waals surface area contributed by atoms with E-state index in [4.69, 9.17) is 4.74 Å². The van der Waals surface area contributed by atoms with Gasteiger partial charge in [-0.15, -0.1) is 0 Å². The summed E-state index contributed by atoms with van der Waals surface area (Å²) in [5, 5.41) is 3.31. The van der Waals surface area contributed by atoms with Gasteiger partial charge < -0.3 is 19.9 Å². The number of hydrogen-bond donors (Lipinski definition) is 1. The number of amides is 2. The number of rotatable bonds is 5. The minimum atomic E-state index is -0.247. The Labute approximate surface area is 166 Å². The van der Waals surface area contributed by atoms with Crippen molar-refractivity contribution in [1.29, 1.82) is 0 Å². The number of nitrogens with zero attached hydrogens (tertiary/aromatic N) is 4. The first-order valence-electron chi connectivity index (χ1n) is 10.4. The van der Waals surface area contributed by atoms with Gasteiger partial charge in [-0.3, -0.25) is 4.79 Å². The molecule has 154 valence electrons. The second-order valence-electron chi connectivity index (χ2n) is 7.46. The van der Waals surface area contributed by atoms with Gasteiger partial charge in [-0.05, 0) is 45.4 Å². The molecule has 1 N–H and O–H groups in total. The van der Waals surface area contributed by atoms with Crippen molar-refractivity contribution in [3.8, 4) is 0 Å². The highest BCUT2D eigenvalue weighted by atomic mass is 16.6. The van der Waals surface area contributed by atoms with E-state index in [1.165, 1.54) is 6.42 Å². The molecular formula is C20H31N5O3. The zero-order chi connectivity index (χ0) is 19.9. The van der Waals surface area contributed by atoms with Crippen molar-refractivity contribution in [3.05, 3.63) is 18.0 Å². The summed E-state index contributed by atoms with van der Waals surface area (Å²) in [4.78, 5) is 37.0. The van der Waals surface area contributed by atoms with Crippen LogP contribution in [0.1, 0.15) is 62.7 Å². The van der Waals surface area contributed by atoms with Crippen molar-refractivity contribution >= 4 is 17.9 Å². The van der Waals surface area contributed by atoms with E-state index in [0.29, 0.717) is 37.3 Å². The Morgan fingerprint density at radius 3 is 2.46 bits per heavy atom. The molecule has 2 aliphatic heterocycles. The van der Waals surface area contributed by atoms with E-state index in [1.807, 2.05) is 11.8 Å². The predicted octanol–water partition coefficient (Wildman–Crippen LogP) is 2.91. The van der Waals surface area contributed by atoms with E-state index < -0.39 is 0 Å². The number of likely N-dealkylation sites (tertiary alicyclic amines) is 2. The molecule has 0 saturated carbocycles. The molecule has 0 spiro atoms. The number of anilines is 1. The van der Waals surface area contributed by atoms with Gasteiger partial charge in [0.05, 0.1) is 12.2 Å². The van der Waals surface area contributed by atoms with Gasteiger partial charge >= 0.3 is 6.09 Å². The van der Waals surface area contributed by atoms with Crippen LogP contribution in [0.25, 0.3) is 0 Å². The third kappa shape index (κ3) is 4.91. The van der Waals surface area contributed by atoms with Crippen LogP contribution in [0.15, 0.2) is 12.4 Å². The van der Waals surface area contributed by atoms with Crippen LogP contribution in [0.3, 0.4) is 0 Å². The fourth-order valence-electron chi connectivity index (χ4n) is 3.97. The number of hydrogen-bond acceptors (Lipinski definition) is 6. The Balaban J connectivity index is 1.52. The minimum absolute atomic E-state index is 0.0286. The van der Waals surface area contributed by atoms with Crippen molar-refractivity contribution in [3.63, 3.8) is 0 Å². The number of carbonyl (C=O) groups excluding carboxylic acids is 2. The first-order chi connectivity index (χ1) is 13.6. The van der Waals surface area contributed by atoms with Crippen LogP contribution in [0, 0.1) is 0 Å². The molecule has 1 aromatic heterocycles. The lowest BCUT2D eigenvalue weighted by Crippen LogP contribution is -2.43. The minimum Gasteiger partial charge on any atom is -0.450 e. The first-order valence-corrected chi connectivity index (χ1v) is 10.4. The molecule has 0 aromatic carbocycles. The molecule has 8 nitrogen and oxygen atoms in total. The number of ether oxygens (including phenoxy) is 1. The van der Waals surface area contributed by atoms with E-state index in [2.05, 4.69) is 22.2 Å². The van der Waals surface area contributed by atoms with Crippen LogP contribution in [-0.4, -0.2) is 70.1 Å². The fraction of sp³-hybridized carbons (Fsp3) is 0.700. The number of nitrogens with one attached hydrogen (secondary N) is 1. The molecule has 2 aliphatic rings. The third-order valence-corrected chi connectivity index (χ3v) is 5.61. The zero-order valence-electron chi connectivity index (χ0n) is 16.9. The second kappa shape index (κ2) is 9.71. The quantitative estimate of drug-likeness (QED) is 0.833. The van der Waals surface area contributed by atoms with Gasteiger partial charge in [0.1, 0.15) is 0 Å². The van der Waals surface area contributed by atoms with E-state index in [9.17, 15) is 9.59 Å². The lowest BCUT2D eigenvalue weighted by atomic mass is 9.99. The average Bonchev–Trinajstić information content (AvgIpc) is 2.74. The lowest BCUT2D eigenvalue weighted by molar-refractivity contribution is 0.0607. The van der Waals surface area contributed by atoms with Crippen molar-refractivity contribution in [1.82, 2.24) is 19.8 Å². The van der Waals surface area contributed by atoms with Crippen LogP contribution < -0.4 is 5.32 Å². The van der Waals surface area contributed by atoms with Crippen LogP contribution in [0.5, 0.6) is 0 Å². The molecule has 3 rings (SSSR count). The molecule has 2 amide bonds. The Morgan fingerprint density at radius 1 is 1.11 bits per heavy atom. The molecule has 3 heterocycles. The van der Waals surface area contributed by atoms with Gasteiger partial charge in [0.25, 0.3) is 5.91 Å². The number of piperidine rings is 2. The summed E-state index contributed by atoms with van der Waals surface area (Å²) in [6.45, 7) is 6.46. The molecule has 0 aliphatic carbocycles. The Morgan fingerprint density at radius 2 is 1.82 bits per heavy atom. The largest absolute Gasteiger partial charge is 0.450 e. The smallest absolute Gasteiger partial charge is 0.409 e. The Kier molecular flexibility index (Phi) is 7.06. The van der Waals surface area contributed by atoms with Gasteiger partial charge in [-0.2, -0.15) is 0 Å². The maximum Gasteiger partial charge on any atom is 0.409 e. The molecular weight excluding hydrogens is 358 g/mol. The summed E-state index contributed by atoms with van der Waals surface area (Å²) in [6.07, 6.45) is 8.93. The summed E-state index contributed by atoms with van der Waals surface area (Å²) in [7, 11) is 0. The molecule has 2 fully saturated rings. The van der Waals surface area contributed by atoms with Crippen LogP contribution in [0.4, 0.5) is 10.7 Å². The highest BCUT2D eigenvalue weighted by Crippen LogP contribution is 2.22. The maximum atomic E-state index is 12.8. The average molecular weight is 390 g/mol. The van der Waals surface area contributed by atoms with Gasteiger partial charge in [0.2, 0.25) is 5.95 Å². The molecule has 1 aromatic rings. The van der Waals surface area contributed by atoms with Gasteiger partial charge in [-0.1, -0.05) is 6.92 Å². The summed E-state index contributed by atoms with van der Waals surface area (Å²) < 4.78 is 5.04. The van der Waals surface area contributed by atoms with E-state index >= 15 is 0 Å². The Hall–Kier alpha value is -2.38. The molecule has 8 heteroatoms. The molecule has 2 saturated heterocycles. The molecule has 0 radical (unpaired) electrons.